The SMILES string of the molecule is O=C1C[C@]2(C(=O)O)C[C@H]2/C=C\CCCCC[C@H](N2CCCS2(=O)=O)C(=O)N2C[C@H](OC(=O)N3Cc4cc5c(cc4C3)OCO5)C[C@@H]12. The number of amides is 2. The van der Waals surface area contributed by atoms with Crippen LogP contribution in [0.1, 0.15) is 68.9 Å². The Bertz CT molecular complexity index is 1560. The number of sulfonamides is 1. The quantitative estimate of drug-likeness (QED) is 0.479. The number of ether oxygens (including phenoxy) is 3. The molecule has 6 aliphatic rings. The number of carbonyl (C=O) groups excluding carboxylic acids is 3. The molecule has 248 valence electrons. The molecular weight excluding hydrogens is 618 g/mol. The normalized spacial score (nSPS) is 33.0. The fourth-order valence-electron chi connectivity index (χ4n) is 7.73. The minimum atomic E-state index is -3.64. The first-order chi connectivity index (χ1) is 22.1. The molecule has 1 aromatic carbocycles. The van der Waals surface area contributed by atoms with Crippen molar-refractivity contribution in [3.8, 4) is 11.5 Å². The highest BCUT2D eigenvalue weighted by atomic mass is 32.2. The van der Waals surface area contributed by atoms with E-state index in [1.807, 2.05) is 24.3 Å². The lowest BCUT2D eigenvalue weighted by molar-refractivity contribution is -0.147. The summed E-state index contributed by atoms with van der Waals surface area (Å²) in [5.41, 5.74) is 0.587. The maximum atomic E-state index is 14.3. The van der Waals surface area contributed by atoms with Crippen LogP contribution in [0.2, 0.25) is 0 Å². The largest absolute Gasteiger partial charge is 0.481 e. The zero-order chi connectivity index (χ0) is 32.2. The second kappa shape index (κ2) is 11.9. The summed E-state index contributed by atoms with van der Waals surface area (Å²) in [6.45, 7) is 0.897. The van der Waals surface area contributed by atoms with E-state index in [4.69, 9.17) is 14.2 Å². The standard InChI is InChI=1S/C32H39N3O10S/c36-26-15-32(30(38)39)14-22(32)7-4-2-1-3-5-8-24(35-9-6-10-46(35,41)42)29(37)34-18-23(13-25(26)34)45-31(40)33-16-20-11-27-28(44-19-43-27)12-21(20)17-33/h4,7,11-12,22-25H,1-3,5-6,8-10,13-19H2,(H,38,39)/b7-4-/t22-,23-,24+,25+,32-/m1/s1. The molecule has 0 bridgehead atoms. The fraction of sp³-hybridized carbons (Fsp3) is 0.625. The van der Waals surface area contributed by atoms with Crippen LogP contribution in [0.3, 0.4) is 0 Å². The van der Waals surface area contributed by atoms with Crippen LogP contribution < -0.4 is 9.47 Å². The molecule has 1 aliphatic carbocycles. The van der Waals surface area contributed by atoms with Crippen molar-refractivity contribution < 1.29 is 46.9 Å². The number of allylic oxidation sites excluding steroid dienone is 2. The van der Waals surface area contributed by atoms with Gasteiger partial charge in [0.05, 0.1) is 23.8 Å². The number of aliphatic carboxylic acids is 1. The third kappa shape index (κ3) is 5.63. The second-order valence-corrected chi connectivity index (χ2v) is 15.4. The highest BCUT2D eigenvalue weighted by Crippen LogP contribution is 2.57. The number of hydrogen-bond acceptors (Lipinski definition) is 9. The third-order valence-electron chi connectivity index (χ3n) is 10.4. The average Bonchev–Trinajstić information content (AvgIpc) is 3.50. The van der Waals surface area contributed by atoms with Gasteiger partial charge in [0.15, 0.2) is 17.3 Å². The van der Waals surface area contributed by atoms with Crippen molar-refractivity contribution in [2.45, 2.75) is 89.1 Å². The first-order valence-electron chi connectivity index (χ1n) is 16.2. The monoisotopic (exact) mass is 657 g/mol. The van der Waals surface area contributed by atoms with Crippen molar-refractivity contribution in [2.24, 2.45) is 11.3 Å². The minimum Gasteiger partial charge on any atom is -0.481 e. The number of benzene rings is 1. The number of Topliss-reactive ketones (excluding diaryl/α,β-unsaturated/α-hetero) is 1. The molecule has 14 heteroatoms. The zero-order valence-electron chi connectivity index (χ0n) is 25.6. The summed E-state index contributed by atoms with van der Waals surface area (Å²) in [7, 11) is -3.64. The van der Waals surface area contributed by atoms with E-state index in [9.17, 15) is 32.7 Å². The molecule has 0 radical (unpaired) electrons. The van der Waals surface area contributed by atoms with Gasteiger partial charge in [0.2, 0.25) is 22.7 Å². The summed E-state index contributed by atoms with van der Waals surface area (Å²) < 4.78 is 44.1. The maximum absolute atomic E-state index is 14.3. The molecule has 1 saturated carbocycles. The van der Waals surface area contributed by atoms with Gasteiger partial charge in [-0.1, -0.05) is 25.0 Å². The number of carbonyl (C=O) groups is 4. The number of carboxylic acid groups (broad SMARTS) is 1. The van der Waals surface area contributed by atoms with Gasteiger partial charge < -0.3 is 24.2 Å². The van der Waals surface area contributed by atoms with Crippen LogP contribution in [0, 0.1) is 11.3 Å². The predicted molar refractivity (Wildman–Crippen MR) is 161 cm³/mol. The van der Waals surface area contributed by atoms with Gasteiger partial charge >= 0.3 is 12.1 Å². The molecule has 5 heterocycles. The second-order valence-electron chi connectivity index (χ2n) is 13.4. The van der Waals surface area contributed by atoms with Crippen molar-refractivity contribution in [1.29, 1.82) is 0 Å². The Labute approximate surface area is 267 Å². The van der Waals surface area contributed by atoms with E-state index in [1.165, 1.54) is 14.1 Å². The van der Waals surface area contributed by atoms with Crippen LogP contribution >= 0.6 is 0 Å². The van der Waals surface area contributed by atoms with Gasteiger partial charge in [0.25, 0.3) is 0 Å². The molecule has 0 spiro atoms. The zero-order valence-corrected chi connectivity index (χ0v) is 26.4. The summed E-state index contributed by atoms with van der Waals surface area (Å²) >= 11 is 0. The van der Waals surface area contributed by atoms with E-state index >= 15 is 0 Å². The Morgan fingerprint density at radius 3 is 2.41 bits per heavy atom. The maximum Gasteiger partial charge on any atom is 0.410 e. The van der Waals surface area contributed by atoms with Crippen LogP contribution in [0.5, 0.6) is 11.5 Å². The van der Waals surface area contributed by atoms with Gasteiger partial charge in [-0.25, -0.2) is 13.2 Å². The van der Waals surface area contributed by atoms with Crippen molar-refractivity contribution in [3.05, 3.63) is 35.4 Å². The lowest BCUT2D eigenvalue weighted by atomic mass is 9.92. The number of fused-ring (bicyclic) bond motifs is 4. The van der Waals surface area contributed by atoms with Crippen molar-refractivity contribution >= 4 is 33.8 Å². The Morgan fingerprint density at radius 1 is 1.00 bits per heavy atom. The lowest BCUT2D eigenvalue weighted by Crippen LogP contribution is -2.52. The van der Waals surface area contributed by atoms with Crippen LogP contribution in [0.15, 0.2) is 24.3 Å². The summed E-state index contributed by atoms with van der Waals surface area (Å²) in [6, 6.07) is 1.69. The first-order valence-corrected chi connectivity index (χ1v) is 17.8. The fourth-order valence-corrected chi connectivity index (χ4v) is 9.45. The number of nitrogens with zero attached hydrogens (tertiary/aromatic N) is 3. The van der Waals surface area contributed by atoms with E-state index in [1.54, 1.807) is 0 Å². The summed E-state index contributed by atoms with van der Waals surface area (Å²) in [6.07, 6.45) is 6.24. The predicted octanol–water partition coefficient (Wildman–Crippen LogP) is 2.81. The van der Waals surface area contributed by atoms with Gasteiger partial charge in [-0.3, -0.25) is 19.3 Å². The van der Waals surface area contributed by atoms with Gasteiger partial charge in [0.1, 0.15) is 12.1 Å². The van der Waals surface area contributed by atoms with Gasteiger partial charge in [-0.2, -0.15) is 4.31 Å². The molecular formula is C32H39N3O10S. The van der Waals surface area contributed by atoms with Crippen molar-refractivity contribution in [2.75, 3.05) is 25.6 Å². The average molecular weight is 658 g/mol. The van der Waals surface area contributed by atoms with E-state index in [2.05, 4.69) is 0 Å². The summed E-state index contributed by atoms with van der Waals surface area (Å²) in [4.78, 5) is 56.9. The third-order valence-corrected chi connectivity index (χ3v) is 12.4. The van der Waals surface area contributed by atoms with Crippen molar-refractivity contribution in [1.82, 2.24) is 14.1 Å². The number of rotatable bonds is 3. The summed E-state index contributed by atoms with van der Waals surface area (Å²) in [5.74, 6) is -1.01. The minimum absolute atomic E-state index is 0.0166. The van der Waals surface area contributed by atoms with Crippen LogP contribution in [-0.4, -0.2) is 95.2 Å². The van der Waals surface area contributed by atoms with Gasteiger partial charge in [0, 0.05) is 32.5 Å². The number of carboxylic acids is 1. The highest BCUT2D eigenvalue weighted by molar-refractivity contribution is 7.89. The van der Waals surface area contributed by atoms with E-state index in [0.29, 0.717) is 50.3 Å². The number of hydrogen-bond donors (Lipinski definition) is 1. The Balaban J connectivity index is 1.13. The lowest BCUT2D eigenvalue weighted by Gasteiger charge is -2.32. The van der Waals surface area contributed by atoms with Crippen LogP contribution in [-0.2, 0) is 42.2 Å². The topological polar surface area (TPSA) is 160 Å². The van der Waals surface area contributed by atoms with E-state index < -0.39 is 57.4 Å². The molecule has 46 heavy (non-hydrogen) atoms. The van der Waals surface area contributed by atoms with Gasteiger partial charge in [-0.05, 0) is 61.3 Å². The molecule has 2 saturated heterocycles. The van der Waals surface area contributed by atoms with E-state index in [-0.39, 0.29) is 44.4 Å². The molecule has 0 unspecified atom stereocenters. The Kier molecular flexibility index (Phi) is 7.98. The Morgan fingerprint density at radius 2 is 1.74 bits per heavy atom. The van der Waals surface area contributed by atoms with Gasteiger partial charge in [-0.15, -0.1) is 0 Å². The molecule has 5 atom stereocenters. The highest BCUT2D eigenvalue weighted by Gasteiger charge is 2.61. The van der Waals surface area contributed by atoms with Crippen molar-refractivity contribution in [3.63, 3.8) is 0 Å². The van der Waals surface area contributed by atoms with E-state index in [0.717, 1.165) is 30.4 Å². The summed E-state index contributed by atoms with van der Waals surface area (Å²) in [5, 5.41) is 10.1. The molecule has 5 aliphatic heterocycles. The first kappa shape index (κ1) is 31.0. The molecule has 7 rings (SSSR count). The smallest absolute Gasteiger partial charge is 0.410 e. The molecule has 0 aromatic heterocycles. The number of ketones is 1. The van der Waals surface area contributed by atoms with Crippen LogP contribution in [0.25, 0.3) is 0 Å². The Hall–Kier alpha value is -3.65. The molecule has 1 aromatic rings. The van der Waals surface area contributed by atoms with Crippen LogP contribution in [0.4, 0.5) is 4.79 Å². The molecule has 1 N–H and O–H groups in total. The molecule has 3 fully saturated rings. The molecule has 2 amide bonds. The molecule has 13 nitrogen and oxygen atoms in total.